The van der Waals surface area contributed by atoms with Gasteiger partial charge < -0.3 is 14.8 Å². The first-order valence-electron chi connectivity index (χ1n) is 6.45. The van der Waals surface area contributed by atoms with E-state index in [9.17, 15) is 0 Å². The van der Waals surface area contributed by atoms with Crippen molar-refractivity contribution >= 4 is 22.9 Å². The van der Waals surface area contributed by atoms with Crippen molar-refractivity contribution in [3.63, 3.8) is 0 Å². The summed E-state index contributed by atoms with van der Waals surface area (Å²) in [4.78, 5) is 4.23. The quantitative estimate of drug-likeness (QED) is 0.939. The molecule has 1 aliphatic heterocycles. The summed E-state index contributed by atoms with van der Waals surface area (Å²) in [6, 6.07) is 6.25. The largest absolute Gasteiger partial charge is 0.486 e. The molecular weight excluding hydrogens is 296 g/mol. The topological polar surface area (TPSA) is 43.4 Å². The Balaban J connectivity index is 1.66. The van der Waals surface area contributed by atoms with Crippen molar-refractivity contribution in [3.8, 4) is 11.5 Å². The number of benzene rings is 1. The van der Waals surface area contributed by atoms with Gasteiger partial charge in [-0.3, -0.25) is 0 Å². The number of aromatic nitrogens is 1. The fourth-order valence-electron chi connectivity index (χ4n) is 2.06. The Labute approximate surface area is 126 Å². The Morgan fingerprint density at radius 2 is 2.15 bits per heavy atom. The van der Waals surface area contributed by atoms with Gasteiger partial charge in [-0.2, -0.15) is 0 Å². The summed E-state index contributed by atoms with van der Waals surface area (Å²) in [6.45, 7) is 4.04. The lowest BCUT2D eigenvalue weighted by Crippen LogP contribution is -2.19. The highest BCUT2D eigenvalue weighted by atomic mass is 35.5. The molecule has 0 saturated heterocycles. The van der Waals surface area contributed by atoms with E-state index in [0.717, 1.165) is 22.1 Å². The van der Waals surface area contributed by atoms with Crippen LogP contribution in [0.5, 0.6) is 11.5 Å². The van der Waals surface area contributed by atoms with E-state index in [0.29, 0.717) is 24.1 Å². The van der Waals surface area contributed by atoms with E-state index in [1.54, 1.807) is 6.20 Å². The first-order valence-corrected chi connectivity index (χ1v) is 7.65. The van der Waals surface area contributed by atoms with Crippen molar-refractivity contribution in [2.24, 2.45) is 0 Å². The van der Waals surface area contributed by atoms with Gasteiger partial charge in [0, 0.05) is 12.6 Å². The van der Waals surface area contributed by atoms with Crippen LogP contribution in [0.1, 0.15) is 23.5 Å². The molecule has 1 atom stereocenters. The molecule has 0 spiro atoms. The predicted molar refractivity (Wildman–Crippen MR) is 79.8 cm³/mol. The van der Waals surface area contributed by atoms with Crippen molar-refractivity contribution in [3.05, 3.63) is 39.3 Å². The van der Waals surface area contributed by atoms with Crippen molar-refractivity contribution in [1.82, 2.24) is 10.3 Å². The Morgan fingerprint density at radius 1 is 1.35 bits per heavy atom. The van der Waals surface area contributed by atoms with Gasteiger partial charge in [-0.1, -0.05) is 17.7 Å². The normalized spacial score (nSPS) is 15.1. The summed E-state index contributed by atoms with van der Waals surface area (Å²) in [7, 11) is 0. The molecule has 1 aliphatic rings. The van der Waals surface area contributed by atoms with Crippen molar-refractivity contribution in [2.45, 2.75) is 19.5 Å². The standard InChI is InChI=1S/C14H15ClN2O2S/c1-9(16-8-14-17-7-13(15)20-14)10-2-3-11-12(6-10)19-5-4-18-11/h2-3,6-7,9,16H,4-5,8H2,1H3. The molecule has 3 rings (SSSR count). The van der Waals surface area contributed by atoms with Crippen LogP contribution in [0.3, 0.4) is 0 Å². The molecule has 0 radical (unpaired) electrons. The second kappa shape index (κ2) is 5.99. The van der Waals surface area contributed by atoms with Gasteiger partial charge in [-0.25, -0.2) is 4.98 Å². The van der Waals surface area contributed by atoms with E-state index in [4.69, 9.17) is 21.1 Å². The molecule has 4 nitrogen and oxygen atoms in total. The van der Waals surface area contributed by atoms with Crippen molar-refractivity contribution in [2.75, 3.05) is 13.2 Å². The number of nitrogens with one attached hydrogen (secondary N) is 1. The average molecular weight is 311 g/mol. The number of hydrogen-bond donors (Lipinski definition) is 1. The molecule has 0 fully saturated rings. The summed E-state index contributed by atoms with van der Waals surface area (Å²) < 4.78 is 11.8. The van der Waals surface area contributed by atoms with Crippen LogP contribution < -0.4 is 14.8 Å². The second-order valence-electron chi connectivity index (χ2n) is 4.56. The van der Waals surface area contributed by atoms with Gasteiger partial charge in [0.1, 0.15) is 22.6 Å². The molecule has 1 aromatic carbocycles. The van der Waals surface area contributed by atoms with Crippen LogP contribution in [-0.2, 0) is 6.54 Å². The molecule has 106 valence electrons. The van der Waals surface area contributed by atoms with Gasteiger partial charge in [0.05, 0.1) is 6.20 Å². The van der Waals surface area contributed by atoms with E-state index in [1.165, 1.54) is 11.3 Å². The van der Waals surface area contributed by atoms with Crippen molar-refractivity contribution in [1.29, 1.82) is 0 Å². The van der Waals surface area contributed by atoms with Gasteiger partial charge in [0.2, 0.25) is 0 Å². The number of ether oxygens (including phenoxy) is 2. The van der Waals surface area contributed by atoms with Crippen LogP contribution in [0.2, 0.25) is 4.34 Å². The summed E-state index contributed by atoms with van der Waals surface area (Å²) in [5.74, 6) is 1.64. The Bertz CT molecular complexity index is 603. The molecule has 20 heavy (non-hydrogen) atoms. The molecule has 2 aromatic rings. The van der Waals surface area contributed by atoms with E-state index in [1.807, 2.05) is 12.1 Å². The zero-order valence-corrected chi connectivity index (χ0v) is 12.6. The summed E-state index contributed by atoms with van der Waals surface area (Å²) in [5.41, 5.74) is 1.16. The first-order chi connectivity index (χ1) is 9.72. The third-order valence-electron chi connectivity index (χ3n) is 3.15. The number of halogens is 1. The predicted octanol–water partition coefficient (Wildman–Crippen LogP) is 3.42. The molecule has 1 N–H and O–H groups in total. The molecule has 1 unspecified atom stereocenters. The lowest BCUT2D eigenvalue weighted by molar-refractivity contribution is 0.171. The fraction of sp³-hybridized carbons (Fsp3) is 0.357. The maximum atomic E-state index is 5.87. The Morgan fingerprint density at radius 3 is 2.90 bits per heavy atom. The van der Waals surface area contributed by atoms with Gasteiger partial charge in [-0.15, -0.1) is 11.3 Å². The number of rotatable bonds is 4. The molecule has 6 heteroatoms. The van der Waals surface area contributed by atoms with Gasteiger partial charge in [0.15, 0.2) is 11.5 Å². The van der Waals surface area contributed by atoms with Gasteiger partial charge in [-0.05, 0) is 24.6 Å². The number of fused-ring (bicyclic) bond motifs is 1. The third-order valence-corrected chi connectivity index (χ3v) is 4.27. The smallest absolute Gasteiger partial charge is 0.161 e. The fourth-order valence-corrected chi connectivity index (χ4v) is 2.96. The van der Waals surface area contributed by atoms with Crippen LogP contribution >= 0.6 is 22.9 Å². The van der Waals surface area contributed by atoms with Gasteiger partial charge >= 0.3 is 0 Å². The molecule has 0 aliphatic carbocycles. The van der Waals surface area contributed by atoms with Crippen LogP contribution in [0.25, 0.3) is 0 Å². The monoisotopic (exact) mass is 310 g/mol. The highest BCUT2D eigenvalue weighted by Gasteiger charge is 2.14. The van der Waals surface area contributed by atoms with E-state index in [-0.39, 0.29) is 6.04 Å². The summed E-state index contributed by atoms with van der Waals surface area (Å²) >= 11 is 7.36. The number of nitrogens with zero attached hydrogens (tertiary/aromatic N) is 1. The Hall–Kier alpha value is -1.30. The molecule has 0 bridgehead atoms. The minimum atomic E-state index is 0.202. The maximum Gasteiger partial charge on any atom is 0.161 e. The SMILES string of the molecule is CC(NCc1ncc(Cl)s1)c1ccc2c(c1)OCCO2. The van der Waals surface area contributed by atoms with Crippen LogP contribution in [0, 0.1) is 0 Å². The van der Waals surface area contributed by atoms with Gasteiger partial charge in [0.25, 0.3) is 0 Å². The molecule has 2 heterocycles. The zero-order chi connectivity index (χ0) is 13.9. The minimum Gasteiger partial charge on any atom is -0.486 e. The van der Waals surface area contributed by atoms with E-state index >= 15 is 0 Å². The number of thiazole rings is 1. The lowest BCUT2D eigenvalue weighted by Gasteiger charge is -2.21. The minimum absolute atomic E-state index is 0.202. The molecule has 1 aromatic heterocycles. The second-order valence-corrected chi connectivity index (χ2v) is 6.31. The number of hydrogen-bond acceptors (Lipinski definition) is 5. The highest BCUT2D eigenvalue weighted by molar-refractivity contribution is 7.15. The zero-order valence-electron chi connectivity index (χ0n) is 11.1. The van der Waals surface area contributed by atoms with Crippen LogP contribution in [-0.4, -0.2) is 18.2 Å². The molecule has 0 amide bonds. The highest BCUT2D eigenvalue weighted by Crippen LogP contribution is 2.32. The van der Waals surface area contributed by atoms with E-state index in [2.05, 4.69) is 23.3 Å². The van der Waals surface area contributed by atoms with Crippen LogP contribution in [0.4, 0.5) is 0 Å². The average Bonchev–Trinajstić information content (AvgIpc) is 2.90. The Kier molecular flexibility index (Phi) is 4.10. The van der Waals surface area contributed by atoms with Crippen LogP contribution in [0.15, 0.2) is 24.4 Å². The lowest BCUT2D eigenvalue weighted by atomic mass is 10.1. The summed E-state index contributed by atoms with van der Waals surface area (Å²) in [5, 5.41) is 4.41. The maximum absolute atomic E-state index is 5.87. The van der Waals surface area contributed by atoms with E-state index < -0.39 is 0 Å². The summed E-state index contributed by atoms with van der Waals surface area (Å²) in [6.07, 6.45) is 1.68. The molecular formula is C14H15ClN2O2S. The first kappa shape index (κ1) is 13.7. The molecule has 0 saturated carbocycles. The van der Waals surface area contributed by atoms with Crippen molar-refractivity contribution < 1.29 is 9.47 Å². The third kappa shape index (κ3) is 3.06.